The maximum absolute atomic E-state index is 12.2. The number of urea groups is 1. The molecule has 2 N–H and O–H groups in total. The number of carboxylic acid groups (broad SMARTS) is 1. The van der Waals surface area contributed by atoms with Crippen molar-refractivity contribution >= 4 is 29.3 Å². The van der Waals surface area contributed by atoms with E-state index in [9.17, 15) is 9.59 Å². The number of carbonyl (C=O) groups excluding carboxylic acids is 1. The normalized spacial score (nSPS) is 18.2. The fraction of sp³-hybridized carbons (Fsp3) is 0.385. The molecule has 2 amide bonds. The Bertz CT molecular complexity index is 551. The number of hydrogen-bond donors (Lipinski definition) is 2. The lowest BCUT2D eigenvalue weighted by atomic mass is 10.2. The third kappa shape index (κ3) is 3.56. The number of carboxylic acids is 1. The van der Waals surface area contributed by atoms with Gasteiger partial charge in [-0.2, -0.15) is 0 Å². The summed E-state index contributed by atoms with van der Waals surface area (Å²) in [5, 5.41) is 12.0. The zero-order valence-corrected chi connectivity index (χ0v) is 12.1. The van der Waals surface area contributed by atoms with Gasteiger partial charge in [0.1, 0.15) is 5.75 Å². The second-order valence-electron chi connectivity index (χ2n) is 4.40. The molecule has 0 radical (unpaired) electrons. The molecule has 1 aromatic carbocycles. The minimum Gasteiger partial charge on any atom is -0.497 e. The highest BCUT2D eigenvalue weighted by Gasteiger charge is 2.33. The molecule has 1 aliphatic rings. The summed E-state index contributed by atoms with van der Waals surface area (Å²) in [6.45, 7) is 0.460. The Morgan fingerprint density at radius 2 is 2.29 bits per heavy atom. The van der Waals surface area contributed by atoms with Crippen LogP contribution in [-0.4, -0.2) is 54.9 Å². The van der Waals surface area contributed by atoms with E-state index in [0.717, 1.165) is 0 Å². The van der Waals surface area contributed by atoms with Crippen molar-refractivity contribution in [3.8, 4) is 5.75 Å². The molecule has 1 heterocycles. The van der Waals surface area contributed by atoms with Gasteiger partial charge in [-0.15, -0.1) is 0 Å². The molecule has 0 bridgehead atoms. The highest BCUT2D eigenvalue weighted by molar-refractivity contribution is 6.33. The quantitative estimate of drug-likeness (QED) is 0.886. The molecule has 1 saturated heterocycles. The van der Waals surface area contributed by atoms with Gasteiger partial charge in [0.15, 0.2) is 6.04 Å². The van der Waals surface area contributed by atoms with Crippen molar-refractivity contribution in [3.63, 3.8) is 0 Å². The van der Waals surface area contributed by atoms with Crippen LogP contribution in [0.2, 0.25) is 5.02 Å². The number of morpholine rings is 1. The lowest BCUT2D eigenvalue weighted by Gasteiger charge is -2.32. The van der Waals surface area contributed by atoms with Crippen LogP contribution in [0.25, 0.3) is 0 Å². The maximum Gasteiger partial charge on any atom is 0.328 e. The van der Waals surface area contributed by atoms with Gasteiger partial charge in [0, 0.05) is 12.6 Å². The number of nitrogens with zero attached hydrogens (tertiary/aromatic N) is 1. The smallest absolute Gasteiger partial charge is 0.328 e. The number of carbonyl (C=O) groups is 2. The Kier molecular flexibility index (Phi) is 4.87. The van der Waals surface area contributed by atoms with E-state index in [1.54, 1.807) is 18.2 Å². The summed E-state index contributed by atoms with van der Waals surface area (Å²) >= 11 is 6.01. The van der Waals surface area contributed by atoms with Gasteiger partial charge >= 0.3 is 12.0 Å². The third-order valence-corrected chi connectivity index (χ3v) is 3.42. The van der Waals surface area contributed by atoms with Crippen LogP contribution in [-0.2, 0) is 9.53 Å². The van der Waals surface area contributed by atoms with Gasteiger partial charge in [-0.05, 0) is 12.1 Å². The van der Waals surface area contributed by atoms with Gasteiger partial charge in [0.05, 0.1) is 31.0 Å². The van der Waals surface area contributed by atoms with Crippen molar-refractivity contribution in [2.75, 3.05) is 32.2 Å². The van der Waals surface area contributed by atoms with Crippen LogP contribution >= 0.6 is 11.6 Å². The summed E-state index contributed by atoms with van der Waals surface area (Å²) in [5.74, 6) is -0.576. The van der Waals surface area contributed by atoms with Crippen molar-refractivity contribution in [3.05, 3.63) is 23.2 Å². The molecular weight excluding hydrogens is 300 g/mol. The molecule has 8 heteroatoms. The van der Waals surface area contributed by atoms with Gasteiger partial charge in [-0.3, -0.25) is 0 Å². The first-order chi connectivity index (χ1) is 10.0. The number of rotatable bonds is 3. The summed E-state index contributed by atoms with van der Waals surface area (Å²) in [5.41, 5.74) is 0.358. The van der Waals surface area contributed by atoms with Crippen LogP contribution in [0.3, 0.4) is 0 Å². The van der Waals surface area contributed by atoms with Gasteiger partial charge in [0.25, 0.3) is 0 Å². The lowest BCUT2D eigenvalue weighted by Crippen LogP contribution is -2.53. The molecule has 21 heavy (non-hydrogen) atoms. The monoisotopic (exact) mass is 314 g/mol. The van der Waals surface area contributed by atoms with Crippen LogP contribution in [0.4, 0.5) is 10.5 Å². The largest absolute Gasteiger partial charge is 0.497 e. The Morgan fingerprint density at radius 1 is 1.52 bits per heavy atom. The fourth-order valence-electron chi connectivity index (χ4n) is 1.97. The Hall–Kier alpha value is -1.99. The number of halogens is 1. The van der Waals surface area contributed by atoms with Gasteiger partial charge in [-0.25, -0.2) is 9.59 Å². The zero-order valence-electron chi connectivity index (χ0n) is 11.3. The molecule has 0 aromatic heterocycles. The molecule has 2 rings (SSSR count). The van der Waals surface area contributed by atoms with Crippen LogP contribution < -0.4 is 10.1 Å². The first kappa shape index (κ1) is 15.4. The molecule has 1 atom stereocenters. The number of ether oxygens (including phenoxy) is 2. The maximum atomic E-state index is 12.2. The summed E-state index contributed by atoms with van der Waals surface area (Å²) in [6.07, 6.45) is 0. The van der Waals surface area contributed by atoms with Crippen molar-refractivity contribution < 1.29 is 24.2 Å². The van der Waals surface area contributed by atoms with E-state index in [-0.39, 0.29) is 13.2 Å². The number of aliphatic carboxylic acids is 1. The zero-order chi connectivity index (χ0) is 15.4. The molecule has 0 aliphatic carbocycles. The summed E-state index contributed by atoms with van der Waals surface area (Å²) < 4.78 is 10.1. The number of benzene rings is 1. The van der Waals surface area contributed by atoms with Crippen LogP contribution in [0, 0.1) is 0 Å². The van der Waals surface area contributed by atoms with E-state index in [1.807, 2.05) is 0 Å². The molecule has 1 aromatic rings. The first-order valence-corrected chi connectivity index (χ1v) is 6.62. The van der Waals surface area contributed by atoms with Crippen LogP contribution in [0.15, 0.2) is 18.2 Å². The Labute approximate surface area is 126 Å². The van der Waals surface area contributed by atoms with Crippen molar-refractivity contribution in [1.29, 1.82) is 0 Å². The minimum atomic E-state index is -1.11. The van der Waals surface area contributed by atoms with Gasteiger partial charge in [-0.1, -0.05) is 11.6 Å². The van der Waals surface area contributed by atoms with E-state index in [4.69, 9.17) is 26.2 Å². The SMILES string of the molecule is COc1ccc(Cl)c(NC(=O)N2CCOCC2C(=O)O)c1. The number of anilines is 1. The molecule has 1 fully saturated rings. The first-order valence-electron chi connectivity index (χ1n) is 6.24. The van der Waals surface area contributed by atoms with E-state index in [1.165, 1.54) is 12.0 Å². The van der Waals surface area contributed by atoms with E-state index >= 15 is 0 Å². The highest BCUT2D eigenvalue weighted by Crippen LogP contribution is 2.27. The second-order valence-corrected chi connectivity index (χ2v) is 4.81. The van der Waals surface area contributed by atoms with Crippen molar-refractivity contribution in [1.82, 2.24) is 4.90 Å². The summed E-state index contributed by atoms with van der Waals surface area (Å²) in [7, 11) is 1.50. The highest BCUT2D eigenvalue weighted by atomic mass is 35.5. The van der Waals surface area contributed by atoms with E-state index in [2.05, 4.69) is 5.32 Å². The average Bonchev–Trinajstić information content (AvgIpc) is 2.49. The van der Waals surface area contributed by atoms with Crippen LogP contribution in [0.5, 0.6) is 5.75 Å². The van der Waals surface area contributed by atoms with Crippen molar-refractivity contribution in [2.24, 2.45) is 0 Å². The van der Waals surface area contributed by atoms with Gasteiger partial charge in [0.2, 0.25) is 0 Å². The predicted molar refractivity (Wildman–Crippen MR) is 76.0 cm³/mol. The summed E-state index contributed by atoms with van der Waals surface area (Å²) in [6, 6.07) is 3.26. The Balaban J connectivity index is 2.14. The average molecular weight is 315 g/mol. The topological polar surface area (TPSA) is 88.1 Å². The molecule has 0 spiro atoms. The van der Waals surface area contributed by atoms with E-state index < -0.39 is 18.0 Å². The molecule has 1 unspecified atom stereocenters. The minimum absolute atomic E-state index is 0.0331. The number of hydrogen-bond acceptors (Lipinski definition) is 4. The number of nitrogens with one attached hydrogen (secondary N) is 1. The van der Waals surface area contributed by atoms with Crippen LogP contribution in [0.1, 0.15) is 0 Å². The Morgan fingerprint density at radius 3 is 2.95 bits per heavy atom. The molecule has 0 saturated carbocycles. The fourth-order valence-corrected chi connectivity index (χ4v) is 2.13. The van der Waals surface area contributed by atoms with Gasteiger partial charge < -0.3 is 24.8 Å². The standard InChI is InChI=1S/C13H15ClN2O5/c1-20-8-2-3-9(14)10(6-8)15-13(19)16-4-5-21-7-11(16)12(17)18/h2-3,6,11H,4-5,7H2,1H3,(H,15,19)(H,17,18). The number of amides is 2. The predicted octanol–water partition coefficient (Wildman–Crippen LogP) is 1.67. The van der Waals surface area contributed by atoms with Crippen molar-refractivity contribution in [2.45, 2.75) is 6.04 Å². The molecule has 7 nitrogen and oxygen atoms in total. The molecular formula is C13H15ClN2O5. The molecule has 1 aliphatic heterocycles. The second kappa shape index (κ2) is 6.64. The number of methoxy groups -OCH3 is 1. The third-order valence-electron chi connectivity index (χ3n) is 3.09. The lowest BCUT2D eigenvalue weighted by molar-refractivity contribution is -0.147. The van der Waals surface area contributed by atoms with E-state index in [0.29, 0.717) is 23.1 Å². The summed E-state index contributed by atoms with van der Waals surface area (Å²) in [4.78, 5) is 24.6. The molecule has 114 valence electrons.